The van der Waals surface area contributed by atoms with Crippen LogP contribution in [-0.2, 0) is 4.74 Å². The molecule has 1 saturated heterocycles. The molecule has 0 aromatic heterocycles. The van der Waals surface area contributed by atoms with E-state index >= 15 is 0 Å². The first-order valence-electron chi connectivity index (χ1n) is 18.6. The lowest BCUT2D eigenvalue weighted by Gasteiger charge is -2.40. The summed E-state index contributed by atoms with van der Waals surface area (Å²) in [5.41, 5.74) is -0.484. The topological polar surface area (TPSA) is 9.23 Å². The van der Waals surface area contributed by atoms with Crippen LogP contribution in [0.2, 0.25) is 0 Å². The first-order chi connectivity index (χ1) is 20.2. The highest BCUT2D eigenvalue weighted by atomic mass is 19.3. The van der Waals surface area contributed by atoms with Crippen LogP contribution in [0.1, 0.15) is 201 Å². The van der Waals surface area contributed by atoms with Gasteiger partial charge in [-0.3, -0.25) is 0 Å². The van der Waals surface area contributed by atoms with E-state index in [0.717, 1.165) is 64.7 Å². The minimum atomic E-state index is -2.51. The quantitative estimate of drug-likeness (QED) is 0.160. The molecule has 0 radical (unpaired) electrons. The Labute approximate surface area is 280 Å². The standard InChI is InChI=1S/C11H24.C10H19FO.C10H19F.C9H18F2/c1-7-11(6,8-2)9-10(3,4)5;1-4-9(3,5-2)6-10(11)7-12-8-10;1-4-9(3,5-2)8-10(11)6-7-10;1-5-8(3,6-2)7-9(4,10)11/h7-9H2,1-6H3;4-8H2,1-3H3;4-8H2,1-3H3;5-7H2,1-4H3. The van der Waals surface area contributed by atoms with Crippen LogP contribution >= 0.6 is 0 Å². The molecule has 0 aromatic rings. The number of alkyl halides is 4. The number of hydrogen-bond donors (Lipinski definition) is 0. The van der Waals surface area contributed by atoms with E-state index in [-0.39, 0.29) is 22.7 Å². The zero-order chi connectivity index (χ0) is 36.0. The van der Waals surface area contributed by atoms with E-state index in [1.807, 2.05) is 20.8 Å². The summed E-state index contributed by atoms with van der Waals surface area (Å²) >= 11 is 0. The monoisotopic (exact) mass is 653 g/mol. The fraction of sp³-hybridized carbons (Fsp3) is 1.00. The Bertz CT molecular complexity index is 695. The van der Waals surface area contributed by atoms with Gasteiger partial charge in [-0.1, -0.05) is 155 Å². The van der Waals surface area contributed by atoms with Crippen LogP contribution in [0.25, 0.3) is 0 Å². The molecule has 0 N–H and O–H groups in total. The van der Waals surface area contributed by atoms with Gasteiger partial charge in [0.15, 0.2) is 5.67 Å². The van der Waals surface area contributed by atoms with Crippen LogP contribution in [0.3, 0.4) is 0 Å². The Balaban J connectivity index is 0. The van der Waals surface area contributed by atoms with Gasteiger partial charge in [0.1, 0.15) is 5.67 Å². The summed E-state index contributed by atoms with van der Waals surface area (Å²) in [5.74, 6) is -2.51. The molecular weight excluding hydrogens is 572 g/mol. The third-order valence-corrected chi connectivity index (χ3v) is 11.5. The van der Waals surface area contributed by atoms with Gasteiger partial charge in [0.2, 0.25) is 5.92 Å². The first-order valence-corrected chi connectivity index (χ1v) is 18.6. The van der Waals surface area contributed by atoms with Gasteiger partial charge < -0.3 is 4.74 Å². The molecule has 1 aliphatic heterocycles. The summed E-state index contributed by atoms with van der Waals surface area (Å²) < 4.78 is 57.1. The van der Waals surface area contributed by atoms with Crippen molar-refractivity contribution in [2.24, 2.45) is 27.1 Å². The zero-order valence-electron chi connectivity index (χ0n) is 33.2. The second-order valence-electron chi connectivity index (χ2n) is 17.7. The van der Waals surface area contributed by atoms with Crippen LogP contribution in [0.5, 0.6) is 0 Å². The van der Waals surface area contributed by atoms with Crippen molar-refractivity contribution in [3.8, 4) is 0 Å². The van der Waals surface area contributed by atoms with Crippen LogP contribution in [0, 0.1) is 27.1 Å². The lowest BCUT2D eigenvalue weighted by molar-refractivity contribution is -0.149. The van der Waals surface area contributed by atoms with E-state index in [1.165, 1.54) is 19.3 Å². The average molecular weight is 653 g/mol. The molecular formula is C40H80F4O. The molecule has 0 spiro atoms. The summed E-state index contributed by atoms with van der Waals surface area (Å²) in [7, 11) is 0. The largest absolute Gasteiger partial charge is 0.375 e. The average Bonchev–Trinajstić information content (AvgIpc) is 3.66. The van der Waals surface area contributed by atoms with Gasteiger partial charge in [0, 0.05) is 6.42 Å². The molecule has 0 unspecified atom stereocenters. The maximum atomic E-state index is 13.7. The van der Waals surface area contributed by atoms with Crippen molar-refractivity contribution < 1.29 is 22.3 Å². The highest BCUT2D eigenvalue weighted by Gasteiger charge is 2.47. The highest BCUT2D eigenvalue weighted by molar-refractivity contribution is 4.98. The normalized spacial score (nSPS) is 17.9. The molecule has 2 fully saturated rings. The molecule has 2 rings (SSSR count). The lowest BCUT2D eigenvalue weighted by atomic mass is 9.72. The van der Waals surface area contributed by atoms with E-state index < -0.39 is 17.3 Å². The van der Waals surface area contributed by atoms with E-state index in [0.29, 0.717) is 30.5 Å². The molecule has 2 aliphatic rings. The van der Waals surface area contributed by atoms with Gasteiger partial charge in [0.25, 0.3) is 0 Å². The van der Waals surface area contributed by atoms with Gasteiger partial charge in [-0.2, -0.15) is 0 Å². The first kappa shape index (κ1) is 46.8. The molecule has 5 heteroatoms. The van der Waals surface area contributed by atoms with Gasteiger partial charge in [0.05, 0.1) is 13.2 Å². The smallest absolute Gasteiger partial charge is 0.245 e. The van der Waals surface area contributed by atoms with Gasteiger partial charge in [-0.15, -0.1) is 0 Å². The molecule has 0 aromatic carbocycles. The molecule has 0 atom stereocenters. The van der Waals surface area contributed by atoms with Crippen molar-refractivity contribution in [1.29, 1.82) is 0 Å². The third-order valence-electron chi connectivity index (χ3n) is 11.5. The fourth-order valence-electron chi connectivity index (χ4n) is 6.30. The third kappa shape index (κ3) is 20.6. The van der Waals surface area contributed by atoms with Crippen molar-refractivity contribution in [2.75, 3.05) is 13.2 Å². The number of rotatable bonds is 15. The maximum Gasteiger partial charge on any atom is 0.245 e. The summed E-state index contributed by atoms with van der Waals surface area (Å²) in [6, 6.07) is 0. The minimum absolute atomic E-state index is 0.00694. The second kappa shape index (κ2) is 19.0. The lowest BCUT2D eigenvalue weighted by Crippen LogP contribution is -2.48. The number of hydrogen-bond acceptors (Lipinski definition) is 1. The zero-order valence-corrected chi connectivity index (χ0v) is 33.2. The minimum Gasteiger partial charge on any atom is -0.375 e. The van der Waals surface area contributed by atoms with Crippen molar-refractivity contribution >= 4 is 0 Å². The molecule has 0 amide bonds. The van der Waals surface area contributed by atoms with Crippen molar-refractivity contribution in [3.05, 3.63) is 0 Å². The summed E-state index contributed by atoms with van der Waals surface area (Å²) in [5, 5.41) is 0. The molecule has 1 nitrogen and oxygen atoms in total. The molecule has 45 heavy (non-hydrogen) atoms. The van der Waals surface area contributed by atoms with Crippen molar-refractivity contribution in [2.45, 2.75) is 218 Å². The van der Waals surface area contributed by atoms with Crippen LogP contribution in [-0.4, -0.2) is 30.5 Å². The van der Waals surface area contributed by atoms with Gasteiger partial charge in [-0.25, -0.2) is 17.6 Å². The van der Waals surface area contributed by atoms with Crippen molar-refractivity contribution in [1.82, 2.24) is 0 Å². The molecule has 1 aliphatic carbocycles. The fourth-order valence-corrected chi connectivity index (χ4v) is 6.30. The van der Waals surface area contributed by atoms with Gasteiger partial charge in [-0.05, 0) is 66.1 Å². The summed E-state index contributed by atoms with van der Waals surface area (Å²) in [6.07, 6.45) is 13.0. The Morgan fingerprint density at radius 2 is 0.756 bits per heavy atom. The number of ether oxygens (including phenoxy) is 1. The number of halogens is 4. The molecule has 0 bridgehead atoms. The Morgan fingerprint density at radius 1 is 0.467 bits per heavy atom. The highest BCUT2D eigenvalue weighted by Crippen LogP contribution is 2.50. The van der Waals surface area contributed by atoms with Gasteiger partial charge >= 0.3 is 0 Å². The van der Waals surface area contributed by atoms with E-state index in [9.17, 15) is 17.6 Å². The van der Waals surface area contributed by atoms with E-state index in [1.54, 1.807) is 0 Å². The van der Waals surface area contributed by atoms with E-state index in [4.69, 9.17) is 4.74 Å². The van der Waals surface area contributed by atoms with Crippen LogP contribution < -0.4 is 0 Å². The van der Waals surface area contributed by atoms with E-state index in [2.05, 4.69) is 83.1 Å². The Morgan fingerprint density at radius 3 is 0.911 bits per heavy atom. The van der Waals surface area contributed by atoms with Crippen LogP contribution in [0.4, 0.5) is 17.6 Å². The summed E-state index contributed by atoms with van der Waals surface area (Å²) in [6.45, 7) is 34.4. The Hall–Kier alpha value is -0.320. The second-order valence-corrected chi connectivity index (χ2v) is 17.7. The predicted octanol–water partition coefficient (Wildman–Crippen LogP) is 14.8. The SMILES string of the molecule is CCC(C)(CC)CC(C)(C)C.CCC(C)(CC)CC(C)(F)F.CCC(C)(CC)CC1(F)CC1.CCC(C)(CC)CC1(F)COC1. The molecule has 1 saturated carbocycles. The van der Waals surface area contributed by atoms with Crippen molar-refractivity contribution in [3.63, 3.8) is 0 Å². The Kier molecular flexibility index (Phi) is 19.8. The maximum absolute atomic E-state index is 13.7. The molecule has 1 heterocycles. The summed E-state index contributed by atoms with van der Waals surface area (Å²) in [4.78, 5) is 0. The predicted molar refractivity (Wildman–Crippen MR) is 191 cm³/mol. The van der Waals surface area contributed by atoms with Crippen LogP contribution in [0.15, 0.2) is 0 Å². The molecule has 274 valence electrons.